The quantitative estimate of drug-likeness (QED) is 0.835. The van der Waals surface area contributed by atoms with Crippen LogP contribution in [0.2, 0.25) is 0 Å². The highest BCUT2D eigenvalue weighted by Gasteiger charge is 2.09. The summed E-state index contributed by atoms with van der Waals surface area (Å²) in [5, 5.41) is 2.71. The van der Waals surface area contributed by atoms with Gasteiger partial charge in [-0.2, -0.15) is 0 Å². The van der Waals surface area contributed by atoms with Crippen LogP contribution in [0.5, 0.6) is 11.5 Å². The van der Waals surface area contributed by atoms with Crippen molar-refractivity contribution in [2.75, 3.05) is 20.9 Å². The summed E-state index contributed by atoms with van der Waals surface area (Å²) < 4.78 is 10.7. The molecule has 2 amide bonds. The lowest BCUT2D eigenvalue weighted by Crippen LogP contribution is -2.38. The molecule has 5 nitrogen and oxygen atoms in total. The number of nitrogens with one attached hydrogen (secondary N) is 1. The van der Waals surface area contributed by atoms with Gasteiger partial charge in [0.05, 0.1) is 7.11 Å². The molecule has 116 valence electrons. The highest BCUT2D eigenvalue weighted by atomic mass is 16.5. The van der Waals surface area contributed by atoms with Gasteiger partial charge in [-0.25, -0.2) is 4.79 Å². The van der Waals surface area contributed by atoms with Crippen molar-refractivity contribution in [1.82, 2.24) is 10.2 Å². The summed E-state index contributed by atoms with van der Waals surface area (Å²) in [6, 6.07) is 16.9. The monoisotopic (exact) mass is 300 g/mol. The van der Waals surface area contributed by atoms with Crippen LogP contribution < -0.4 is 14.8 Å². The van der Waals surface area contributed by atoms with Crippen molar-refractivity contribution >= 4 is 6.03 Å². The van der Waals surface area contributed by atoms with E-state index < -0.39 is 0 Å². The molecule has 0 aliphatic rings. The van der Waals surface area contributed by atoms with E-state index in [-0.39, 0.29) is 12.8 Å². The van der Waals surface area contributed by atoms with E-state index in [4.69, 9.17) is 9.47 Å². The van der Waals surface area contributed by atoms with E-state index in [0.717, 1.165) is 5.56 Å². The number of carbonyl (C=O) groups is 1. The Morgan fingerprint density at radius 1 is 1.05 bits per heavy atom. The smallest absolute Gasteiger partial charge is 0.320 e. The lowest BCUT2D eigenvalue weighted by molar-refractivity contribution is 0.191. The fourth-order valence-electron chi connectivity index (χ4n) is 1.98. The Labute approximate surface area is 130 Å². The molecule has 0 saturated heterocycles. The molecule has 2 aromatic rings. The summed E-state index contributed by atoms with van der Waals surface area (Å²) in [6.45, 7) is 0.625. The number of urea groups is 1. The van der Waals surface area contributed by atoms with Gasteiger partial charge in [-0.05, 0) is 17.7 Å². The standard InChI is InChI=1S/C17H20N2O3/c1-19(12-14-8-4-3-5-9-14)17(20)18-13-22-16-11-7-6-10-15(16)21-2/h3-11H,12-13H2,1-2H3,(H,18,20). The number of rotatable bonds is 6. The highest BCUT2D eigenvalue weighted by molar-refractivity contribution is 5.73. The maximum atomic E-state index is 12.0. The largest absolute Gasteiger partial charge is 0.493 e. The summed E-state index contributed by atoms with van der Waals surface area (Å²) in [7, 11) is 3.32. The molecule has 0 bridgehead atoms. The molecule has 0 atom stereocenters. The first-order chi connectivity index (χ1) is 10.7. The lowest BCUT2D eigenvalue weighted by atomic mass is 10.2. The van der Waals surface area contributed by atoms with Gasteiger partial charge in [0.2, 0.25) is 0 Å². The molecule has 0 unspecified atom stereocenters. The third kappa shape index (κ3) is 4.41. The molecule has 2 rings (SSSR count). The maximum absolute atomic E-state index is 12.0. The van der Waals surface area contributed by atoms with Gasteiger partial charge in [-0.1, -0.05) is 42.5 Å². The summed E-state index contributed by atoms with van der Waals surface area (Å²) in [6.07, 6.45) is 0. The number of ether oxygens (including phenoxy) is 2. The van der Waals surface area contributed by atoms with Gasteiger partial charge < -0.3 is 19.7 Å². The Balaban J connectivity index is 1.80. The summed E-state index contributed by atoms with van der Waals surface area (Å²) in [5.41, 5.74) is 1.07. The molecule has 0 aromatic heterocycles. The molecule has 2 aromatic carbocycles. The number of para-hydroxylation sites is 2. The first-order valence-corrected chi connectivity index (χ1v) is 6.99. The van der Waals surface area contributed by atoms with Crippen LogP contribution in [0.1, 0.15) is 5.56 Å². The number of nitrogens with zero attached hydrogens (tertiary/aromatic N) is 1. The molecular formula is C17H20N2O3. The van der Waals surface area contributed by atoms with Gasteiger partial charge in [0.1, 0.15) is 0 Å². The van der Waals surface area contributed by atoms with Crippen LogP contribution in [0.25, 0.3) is 0 Å². The summed E-state index contributed by atoms with van der Waals surface area (Å²) in [5.74, 6) is 1.23. The van der Waals surface area contributed by atoms with E-state index in [0.29, 0.717) is 18.0 Å². The van der Waals surface area contributed by atoms with E-state index in [9.17, 15) is 4.79 Å². The zero-order valence-corrected chi connectivity index (χ0v) is 12.8. The highest BCUT2D eigenvalue weighted by Crippen LogP contribution is 2.25. The molecule has 0 saturated carbocycles. The van der Waals surface area contributed by atoms with Crippen molar-refractivity contribution in [1.29, 1.82) is 0 Å². The predicted molar refractivity (Wildman–Crippen MR) is 84.9 cm³/mol. The van der Waals surface area contributed by atoms with Gasteiger partial charge >= 0.3 is 6.03 Å². The SMILES string of the molecule is COc1ccccc1OCNC(=O)N(C)Cc1ccccc1. The number of benzene rings is 2. The van der Waals surface area contributed by atoms with Crippen molar-refractivity contribution in [2.24, 2.45) is 0 Å². The number of hydrogen-bond acceptors (Lipinski definition) is 3. The molecule has 0 heterocycles. The second-order valence-corrected chi connectivity index (χ2v) is 4.76. The van der Waals surface area contributed by atoms with E-state index in [1.54, 1.807) is 31.2 Å². The molecular weight excluding hydrogens is 280 g/mol. The fourth-order valence-corrected chi connectivity index (χ4v) is 1.98. The van der Waals surface area contributed by atoms with Crippen molar-refractivity contribution < 1.29 is 14.3 Å². The lowest BCUT2D eigenvalue weighted by Gasteiger charge is -2.18. The van der Waals surface area contributed by atoms with Crippen molar-refractivity contribution in [3.8, 4) is 11.5 Å². The second kappa shape index (κ2) is 7.93. The molecule has 0 aliphatic heterocycles. The van der Waals surface area contributed by atoms with Gasteiger partial charge in [-0.15, -0.1) is 0 Å². The number of hydrogen-bond donors (Lipinski definition) is 1. The first-order valence-electron chi connectivity index (χ1n) is 6.99. The summed E-state index contributed by atoms with van der Waals surface area (Å²) in [4.78, 5) is 13.6. The molecule has 0 spiro atoms. The van der Waals surface area contributed by atoms with E-state index in [1.807, 2.05) is 42.5 Å². The molecule has 0 radical (unpaired) electrons. The number of methoxy groups -OCH3 is 1. The Kier molecular flexibility index (Phi) is 5.65. The normalized spacial score (nSPS) is 9.91. The Bertz CT molecular complexity index is 602. The minimum absolute atomic E-state index is 0.0817. The average molecular weight is 300 g/mol. The third-order valence-electron chi connectivity index (χ3n) is 3.13. The third-order valence-corrected chi connectivity index (χ3v) is 3.13. The van der Waals surface area contributed by atoms with E-state index in [2.05, 4.69) is 5.32 Å². The van der Waals surface area contributed by atoms with Gasteiger partial charge in [-0.3, -0.25) is 0 Å². The Morgan fingerprint density at radius 2 is 1.68 bits per heavy atom. The Morgan fingerprint density at radius 3 is 2.36 bits per heavy atom. The van der Waals surface area contributed by atoms with E-state index in [1.165, 1.54) is 0 Å². The van der Waals surface area contributed by atoms with Crippen LogP contribution in [-0.2, 0) is 6.54 Å². The molecule has 0 fully saturated rings. The zero-order valence-electron chi connectivity index (χ0n) is 12.8. The summed E-state index contributed by atoms with van der Waals surface area (Å²) >= 11 is 0. The molecule has 5 heteroatoms. The first kappa shape index (κ1) is 15.7. The minimum atomic E-state index is -0.196. The van der Waals surface area contributed by atoms with Crippen LogP contribution in [0.15, 0.2) is 54.6 Å². The molecule has 22 heavy (non-hydrogen) atoms. The van der Waals surface area contributed by atoms with Crippen molar-refractivity contribution in [3.05, 3.63) is 60.2 Å². The van der Waals surface area contributed by atoms with Crippen molar-refractivity contribution in [2.45, 2.75) is 6.54 Å². The van der Waals surface area contributed by atoms with Gasteiger partial charge in [0, 0.05) is 13.6 Å². The minimum Gasteiger partial charge on any atom is -0.493 e. The van der Waals surface area contributed by atoms with Gasteiger partial charge in [0.25, 0.3) is 0 Å². The Hall–Kier alpha value is -2.69. The van der Waals surface area contributed by atoms with Crippen molar-refractivity contribution in [3.63, 3.8) is 0 Å². The molecule has 0 aliphatic carbocycles. The van der Waals surface area contributed by atoms with E-state index >= 15 is 0 Å². The maximum Gasteiger partial charge on any atom is 0.320 e. The fraction of sp³-hybridized carbons (Fsp3) is 0.235. The number of amides is 2. The van der Waals surface area contributed by atoms with Crippen LogP contribution in [0.4, 0.5) is 4.79 Å². The van der Waals surface area contributed by atoms with Crippen LogP contribution in [0.3, 0.4) is 0 Å². The van der Waals surface area contributed by atoms with Crippen LogP contribution in [0, 0.1) is 0 Å². The van der Waals surface area contributed by atoms with Crippen LogP contribution in [-0.4, -0.2) is 31.8 Å². The topological polar surface area (TPSA) is 50.8 Å². The number of carbonyl (C=O) groups excluding carboxylic acids is 1. The molecule has 1 N–H and O–H groups in total. The second-order valence-electron chi connectivity index (χ2n) is 4.76. The zero-order chi connectivity index (χ0) is 15.8. The van der Waals surface area contributed by atoms with Crippen LogP contribution >= 0.6 is 0 Å². The average Bonchev–Trinajstić information content (AvgIpc) is 2.56. The predicted octanol–water partition coefficient (Wildman–Crippen LogP) is 2.87. The van der Waals surface area contributed by atoms with Gasteiger partial charge in [0.15, 0.2) is 18.2 Å².